The lowest BCUT2D eigenvalue weighted by molar-refractivity contribution is -0.120. The van der Waals surface area contributed by atoms with E-state index in [1.165, 1.54) is 11.8 Å². The van der Waals surface area contributed by atoms with E-state index in [-0.39, 0.29) is 28.7 Å². The summed E-state index contributed by atoms with van der Waals surface area (Å²) in [4.78, 5) is 20.6. The van der Waals surface area contributed by atoms with Gasteiger partial charge in [0, 0.05) is 29.9 Å². The molecule has 0 spiro atoms. The zero-order chi connectivity index (χ0) is 19.6. The highest BCUT2D eigenvalue weighted by molar-refractivity contribution is 8.15. The van der Waals surface area contributed by atoms with Gasteiger partial charge in [0.15, 0.2) is 15.0 Å². The van der Waals surface area contributed by atoms with E-state index in [0.29, 0.717) is 13.0 Å². The van der Waals surface area contributed by atoms with E-state index >= 15 is 0 Å². The predicted molar refractivity (Wildman–Crippen MR) is 111 cm³/mol. The SMILES string of the molecule is O=C(Cc1ccc(NC2=NC3CS(=O)(=O)CC3S2)cc1)NCc1cccnc1. The number of benzene rings is 1. The van der Waals surface area contributed by atoms with E-state index in [0.717, 1.165) is 22.0 Å². The van der Waals surface area contributed by atoms with Crippen LogP contribution in [0.15, 0.2) is 53.8 Å². The quantitative estimate of drug-likeness (QED) is 0.768. The molecule has 2 unspecified atom stereocenters. The third-order valence-corrected chi connectivity index (χ3v) is 7.74. The second-order valence-corrected chi connectivity index (χ2v) is 10.3. The summed E-state index contributed by atoms with van der Waals surface area (Å²) in [5.74, 6) is 0.293. The fourth-order valence-electron chi connectivity index (χ4n) is 3.20. The first kappa shape index (κ1) is 18.9. The van der Waals surface area contributed by atoms with E-state index in [4.69, 9.17) is 0 Å². The first-order valence-corrected chi connectivity index (χ1v) is 11.6. The average Bonchev–Trinajstić information content (AvgIpc) is 3.15. The number of anilines is 1. The number of nitrogens with one attached hydrogen (secondary N) is 2. The molecule has 146 valence electrons. The molecule has 1 fully saturated rings. The number of nitrogens with zero attached hydrogens (tertiary/aromatic N) is 2. The van der Waals surface area contributed by atoms with Crippen molar-refractivity contribution in [2.75, 3.05) is 16.8 Å². The van der Waals surface area contributed by atoms with Crippen LogP contribution in [0.4, 0.5) is 5.69 Å². The number of sulfone groups is 1. The van der Waals surface area contributed by atoms with Gasteiger partial charge >= 0.3 is 0 Å². The minimum Gasteiger partial charge on any atom is -0.352 e. The molecule has 2 N–H and O–H groups in total. The summed E-state index contributed by atoms with van der Waals surface area (Å²) >= 11 is 1.49. The number of carbonyl (C=O) groups excluding carboxylic acids is 1. The third-order valence-electron chi connectivity index (χ3n) is 4.60. The molecule has 0 bridgehead atoms. The van der Waals surface area contributed by atoms with Crippen LogP contribution in [-0.2, 0) is 27.6 Å². The van der Waals surface area contributed by atoms with Crippen molar-refractivity contribution in [1.29, 1.82) is 0 Å². The highest BCUT2D eigenvalue weighted by Gasteiger charge is 2.42. The molecule has 7 nitrogen and oxygen atoms in total. The number of rotatable bonds is 5. The number of amides is 1. The van der Waals surface area contributed by atoms with Gasteiger partial charge in [0.05, 0.1) is 24.0 Å². The molecule has 2 aliphatic rings. The molecule has 0 radical (unpaired) electrons. The fourth-order valence-corrected chi connectivity index (χ4v) is 6.87. The molecule has 2 aromatic rings. The molecule has 0 aliphatic carbocycles. The van der Waals surface area contributed by atoms with Gasteiger partial charge in [0.25, 0.3) is 0 Å². The summed E-state index contributed by atoms with van der Waals surface area (Å²) in [5.41, 5.74) is 2.75. The summed E-state index contributed by atoms with van der Waals surface area (Å²) in [5, 5.41) is 6.90. The molecule has 2 atom stereocenters. The molecule has 3 heterocycles. The minimum atomic E-state index is -2.94. The minimum absolute atomic E-state index is 0.0234. The van der Waals surface area contributed by atoms with Crippen LogP contribution in [0.3, 0.4) is 0 Å². The molecule has 1 aromatic heterocycles. The first-order valence-electron chi connectivity index (χ1n) is 8.93. The Morgan fingerprint density at radius 2 is 1.96 bits per heavy atom. The van der Waals surface area contributed by atoms with Crippen LogP contribution in [0.1, 0.15) is 11.1 Å². The second-order valence-electron chi connectivity index (χ2n) is 6.87. The van der Waals surface area contributed by atoms with Crippen molar-refractivity contribution >= 4 is 38.4 Å². The van der Waals surface area contributed by atoms with E-state index < -0.39 is 9.84 Å². The Balaban J connectivity index is 1.28. The summed E-state index contributed by atoms with van der Waals surface area (Å²) in [6.07, 6.45) is 3.73. The van der Waals surface area contributed by atoms with Gasteiger partial charge in [-0.2, -0.15) is 0 Å². The number of hydrogen-bond acceptors (Lipinski definition) is 7. The standard InChI is InChI=1S/C19H20N4O3S2/c24-18(21-10-14-2-1-7-20-9-14)8-13-3-5-15(6-4-13)22-19-23-16-11-28(25,26)12-17(16)27-19/h1-7,9,16-17H,8,10-12H2,(H,21,24)(H,22,23). The van der Waals surface area contributed by atoms with Gasteiger partial charge in [-0.05, 0) is 29.3 Å². The van der Waals surface area contributed by atoms with Crippen molar-refractivity contribution in [1.82, 2.24) is 10.3 Å². The van der Waals surface area contributed by atoms with Gasteiger partial charge in [-0.3, -0.25) is 14.8 Å². The monoisotopic (exact) mass is 416 g/mol. The number of carbonyl (C=O) groups is 1. The lowest BCUT2D eigenvalue weighted by Gasteiger charge is -2.08. The Hall–Kier alpha value is -2.39. The lowest BCUT2D eigenvalue weighted by atomic mass is 10.1. The number of aromatic nitrogens is 1. The maximum atomic E-state index is 12.1. The zero-order valence-electron chi connectivity index (χ0n) is 15.0. The van der Waals surface area contributed by atoms with Crippen LogP contribution in [0.5, 0.6) is 0 Å². The third kappa shape index (κ3) is 4.71. The van der Waals surface area contributed by atoms with Gasteiger partial charge in [-0.1, -0.05) is 30.0 Å². The second kappa shape index (κ2) is 7.92. The molecule has 2 aliphatic heterocycles. The number of fused-ring (bicyclic) bond motifs is 1. The fraction of sp³-hybridized carbons (Fsp3) is 0.316. The molecular formula is C19H20N4O3S2. The predicted octanol–water partition coefficient (Wildman–Crippen LogP) is 1.62. The van der Waals surface area contributed by atoms with Gasteiger partial charge in [-0.25, -0.2) is 8.42 Å². The number of hydrogen-bond donors (Lipinski definition) is 2. The number of amidine groups is 1. The van der Waals surface area contributed by atoms with Crippen LogP contribution in [0, 0.1) is 0 Å². The van der Waals surface area contributed by atoms with E-state index in [1.54, 1.807) is 12.4 Å². The highest BCUT2D eigenvalue weighted by atomic mass is 32.2. The topological polar surface area (TPSA) is 101 Å². The summed E-state index contributed by atoms with van der Waals surface area (Å²) < 4.78 is 23.2. The van der Waals surface area contributed by atoms with Gasteiger partial charge in [-0.15, -0.1) is 0 Å². The van der Waals surface area contributed by atoms with Crippen molar-refractivity contribution in [3.8, 4) is 0 Å². The van der Waals surface area contributed by atoms with E-state index in [9.17, 15) is 13.2 Å². The molecule has 1 amide bonds. The summed E-state index contributed by atoms with van der Waals surface area (Å²) in [6.45, 7) is 0.460. The first-order chi connectivity index (χ1) is 13.5. The maximum Gasteiger partial charge on any atom is 0.224 e. The van der Waals surface area contributed by atoms with Gasteiger partial charge in [0.2, 0.25) is 5.91 Å². The Labute approximate surface area is 168 Å². The highest BCUT2D eigenvalue weighted by Crippen LogP contribution is 2.34. The Bertz CT molecular complexity index is 992. The molecular weight excluding hydrogens is 396 g/mol. The van der Waals surface area contributed by atoms with Crippen molar-refractivity contribution in [3.05, 3.63) is 59.9 Å². The number of pyridine rings is 1. The van der Waals surface area contributed by atoms with Crippen molar-refractivity contribution in [3.63, 3.8) is 0 Å². The Morgan fingerprint density at radius 1 is 1.14 bits per heavy atom. The molecule has 1 aromatic carbocycles. The number of thioether (sulfide) groups is 1. The van der Waals surface area contributed by atoms with E-state index in [2.05, 4.69) is 20.6 Å². The summed E-state index contributed by atoms with van der Waals surface area (Å²) in [7, 11) is -2.94. The van der Waals surface area contributed by atoms with Gasteiger partial charge in [0.1, 0.15) is 0 Å². The average molecular weight is 417 g/mol. The van der Waals surface area contributed by atoms with Crippen LogP contribution >= 0.6 is 11.8 Å². The molecule has 4 rings (SSSR count). The number of aliphatic imine (C=N–C) groups is 1. The van der Waals surface area contributed by atoms with Crippen LogP contribution in [0.2, 0.25) is 0 Å². The van der Waals surface area contributed by atoms with Gasteiger partial charge < -0.3 is 10.6 Å². The molecule has 9 heteroatoms. The lowest BCUT2D eigenvalue weighted by Crippen LogP contribution is -2.24. The Morgan fingerprint density at radius 3 is 2.68 bits per heavy atom. The largest absolute Gasteiger partial charge is 0.352 e. The summed E-state index contributed by atoms with van der Waals surface area (Å²) in [6, 6.07) is 11.2. The molecule has 28 heavy (non-hydrogen) atoms. The van der Waals surface area contributed by atoms with Crippen molar-refractivity contribution in [2.45, 2.75) is 24.3 Å². The Kier molecular flexibility index (Phi) is 5.36. The van der Waals surface area contributed by atoms with E-state index in [1.807, 2.05) is 36.4 Å². The normalized spacial score (nSPS) is 22.4. The molecule has 1 saturated heterocycles. The van der Waals surface area contributed by atoms with Crippen LogP contribution < -0.4 is 10.6 Å². The maximum absolute atomic E-state index is 12.1. The van der Waals surface area contributed by atoms with Crippen LogP contribution in [0.25, 0.3) is 0 Å². The van der Waals surface area contributed by atoms with Crippen molar-refractivity contribution < 1.29 is 13.2 Å². The molecule has 0 saturated carbocycles. The van der Waals surface area contributed by atoms with Crippen molar-refractivity contribution in [2.24, 2.45) is 4.99 Å². The smallest absolute Gasteiger partial charge is 0.224 e. The van der Waals surface area contributed by atoms with Crippen LogP contribution in [-0.4, -0.2) is 47.3 Å². The zero-order valence-corrected chi connectivity index (χ0v) is 16.7.